The third-order valence-corrected chi connectivity index (χ3v) is 6.28. The van der Waals surface area contributed by atoms with E-state index in [4.69, 9.17) is 16.3 Å². The number of hydrogen-bond donors (Lipinski definition) is 1. The van der Waals surface area contributed by atoms with Crippen LogP contribution in [0.1, 0.15) is 44.3 Å². The number of fused-ring (bicyclic) bond motifs is 2. The van der Waals surface area contributed by atoms with Crippen molar-refractivity contribution in [3.05, 3.63) is 59.6 Å². The standard InChI is InChI=1S/C24H25ClN4O/c25-17-14-21-24(27-15-17)29-23(28-21)7-3-4-16-8-10-18(11-9-16)30-22-12-13-26-20-6-2-1-5-19(20)22/h1-2,5-6,12-16,18H,3-4,7-11H2,(H,27,28,29). The van der Waals surface area contributed by atoms with Gasteiger partial charge in [-0.15, -0.1) is 0 Å². The number of halogens is 1. The molecular weight excluding hydrogens is 396 g/mol. The summed E-state index contributed by atoms with van der Waals surface area (Å²) in [5.41, 5.74) is 2.65. The number of hydrogen-bond acceptors (Lipinski definition) is 4. The van der Waals surface area contributed by atoms with Gasteiger partial charge in [0.15, 0.2) is 5.65 Å². The second kappa shape index (κ2) is 8.60. The number of aryl methyl sites for hydroxylation is 1. The van der Waals surface area contributed by atoms with E-state index in [0.717, 1.165) is 65.2 Å². The van der Waals surface area contributed by atoms with E-state index in [0.29, 0.717) is 11.1 Å². The van der Waals surface area contributed by atoms with E-state index in [1.807, 2.05) is 36.5 Å². The number of aromatic nitrogens is 4. The Kier molecular flexibility index (Phi) is 5.54. The Morgan fingerprint density at radius 1 is 1.07 bits per heavy atom. The molecule has 4 aromatic rings. The summed E-state index contributed by atoms with van der Waals surface area (Å²) in [5, 5.41) is 1.74. The van der Waals surface area contributed by atoms with Crippen molar-refractivity contribution in [2.45, 2.75) is 51.0 Å². The lowest BCUT2D eigenvalue weighted by atomic mass is 9.84. The van der Waals surface area contributed by atoms with E-state index >= 15 is 0 Å². The first-order valence-corrected chi connectivity index (χ1v) is 11.1. The monoisotopic (exact) mass is 420 g/mol. The molecule has 1 aromatic carbocycles. The van der Waals surface area contributed by atoms with Crippen molar-refractivity contribution in [1.82, 2.24) is 19.9 Å². The molecule has 0 amide bonds. The van der Waals surface area contributed by atoms with Crippen molar-refractivity contribution in [2.75, 3.05) is 0 Å². The highest BCUT2D eigenvalue weighted by Crippen LogP contribution is 2.32. The van der Waals surface area contributed by atoms with Gasteiger partial charge in [0.25, 0.3) is 0 Å². The number of nitrogens with zero attached hydrogens (tertiary/aromatic N) is 3. The third-order valence-electron chi connectivity index (χ3n) is 6.08. The number of imidazole rings is 1. The molecule has 5 rings (SSSR count). The fraction of sp³-hybridized carbons (Fsp3) is 0.375. The van der Waals surface area contributed by atoms with Crippen molar-refractivity contribution in [3.8, 4) is 5.75 Å². The smallest absolute Gasteiger partial charge is 0.177 e. The lowest BCUT2D eigenvalue weighted by Gasteiger charge is -2.29. The normalized spacial score (nSPS) is 19.4. The van der Waals surface area contributed by atoms with E-state index in [-0.39, 0.29) is 0 Å². The van der Waals surface area contributed by atoms with E-state index < -0.39 is 0 Å². The Morgan fingerprint density at radius 3 is 2.83 bits per heavy atom. The van der Waals surface area contributed by atoms with Crippen LogP contribution in [-0.4, -0.2) is 26.0 Å². The van der Waals surface area contributed by atoms with E-state index in [1.165, 1.54) is 19.3 Å². The summed E-state index contributed by atoms with van der Waals surface area (Å²) in [6.07, 6.45) is 11.8. The lowest BCUT2D eigenvalue weighted by molar-refractivity contribution is 0.129. The second-order valence-corrected chi connectivity index (χ2v) is 8.62. The highest BCUT2D eigenvalue weighted by molar-refractivity contribution is 6.31. The van der Waals surface area contributed by atoms with Crippen molar-refractivity contribution >= 4 is 33.7 Å². The molecule has 6 heteroatoms. The number of nitrogens with one attached hydrogen (secondary N) is 1. The molecule has 0 spiro atoms. The molecule has 0 radical (unpaired) electrons. The van der Waals surface area contributed by atoms with Gasteiger partial charge in [0.1, 0.15) is 11.6 Å². The maximum absolute atomic E-state index is 6.36. The summed E-state index contributed by atoms with van der Waals surface area (Å²) in [5.74, 6) is 2.74. The van der Waals surface area contributed by atoms with Gasteiger partial charge in [-0.25, -0.2) is 9.97 Å². The van der Waals surface area contributed by atoms with Gasteiger partial charge in [-0.05, 0) is 62.3 Å². The molecular formula is C24H25ClN4O. The molecule has 0 saturated heterocycles. The van der Waals surface area contributed by atoms with E-state index in [2.05, 4.69) is 26.0 Å². The molecule has 3 heterocycles. The van der Waals surface area contributed by atoms with Crippen LogP contribution in [0.25, 0.3) is 22.1 Å². The molecule has 30 heavy (non-hydrogen) atoms. The fourth-order valence-corrected chi connectivity index (χ4v) is 4.65. The topological polar surface area (TPSA) is 63.7 Å². The number of benzene rings is 1. The largest absolute Gasteiger partial charge is 0.490 e. The number of H-pyrrole nitrogens is 1. The van der Waals surface area contributed by atoms with Gasteiger partial charge >= 0.3 is 0 Å². The Hall–Kier alpha value is -2.66. The average Bonchev–Trinajstić information content (AvgIpc) is 3.17. The zero-order valence-electron chi connectivity index (χ0n) is 16.9. The Morgan fingerprint density at radius 2 is 1.93 bits per heavy atom. The lowest BCUT2D eigenvalue weighted by Crippen LogP contribution is -2.24. The zero-order valence-corrected chi connectivity index (χ0v) is 17.6. The highest BCUT2D eigenvalue weighted by Gasteiger charge is 2.23. The average molecular weight is 421 g/mol. The molecule has 0 atom stereocenters. The first-order chi connectivity index (χ1) is 14.7. The zero-order chi connectivity index (χ0) is 20.3. The fourth-order valence-electron chi connectivity index (χ4n) is 4.49. The van der Waals surface area contributed by atoms with Crippen LogP contribution in [0.4, 0.5) is 0 Å². The number of ether oxygens (including phenoxy) is 1. The van der Waals surface area contributed by atoms with Gasteiger partial charge in [-0.2, -0.15) is 0 Å². The summed E-state index contributed by atoms with van der Waals surface area (Å²) >= 11 is 6.00. The highest BCUT2D eigenvalue weighted by atomic mass is 35.5. The Balaban J connectivity index is 1.11. The number of aromatic amines is 1. The van der Waals surface area contributed by atoms with Gasteiger partial charge in [0, 0.05) is 24.2 Å². The van der Waals surface area contributed by atoms with Crippen LogP contribution in [0.2, 0.25) is 5.02 Å². The molecule has 154 valence electrons. The number of rotatable bonds is 6. The maximum atomic E-state index is 6.36. The van der Waals surface area contributed by atoms with Gasteiger partial charge in [0.05, 0.1) is 22.2 Å². The Labute approximate surface area is 180 Å². The molecule has 0 unspecified atom stereocenters. The van der Waals surface area contributed by atoms with Crippen molar-refractivity contribution in [1.29, 1.82) is 0 Å². The summed E-state index contributed by atoms with van der Waals surface area (Å²) < 4.78 is 6.36. The third kappa shape index (κ3) is 4.26. The van der Waals surface area contributed by atoms with Crippen LogP contribution < -0.4 is 4.74 Å². The van der Waals surface area contributed by atoms with Gasteiger partial charge in [-0.3, -0.25) is 4.98 Å². The predicted octanol–water partition coefficient (Wildman–Crippen LogP) is 6.12. The predicted molar refractivity (Wildman–Crippen MR) is 120 cm³/mol. The van der Waals surface area contributed by atoms with Gasteiger partial charge in [0.2, 0.25) is 0 Å². The summed E-state index contributed by atoms with van der Waals surface area (Å²) in [4.78, 5) is 16.6. The van der Waals surface area contributed by atoms with Crippen molar-refractivity contribution in [3.63, 3.8) is 0 Å². The molecule has 3 aromatic heterocycles. The molecule has 1 saturated carbocycles. The Bertz CT molecular complexity index is 1150. The van der Waals surface area contributed by atoms with Crippen LogP contribution in [-0.2, 0) is 6.42 Å². The quantitative estimate of drug-likeness (QED) is 0.408. The summed E-state index contributed by atoms with van der Waals surface area (Å²) in [7, 11) is 0. The molecule has 1 aliphatic carbocycles. The molecule has 1 fully saturated rings. The minimum absolute atomic E-state index is 0.304. The minimum atomic E-state index is 0.304. The van der Waals surface area contributed by atoms with Gasteiger partial charge < -0.3 is 9.72 Å². The number of pyridine rings is 2. The van der Waals surface area contributed by atoms with Crippen LogP contribution in [0, 0.1) is 5.92 Å². The summed E-state index contributed by atoms with van der Waals surface area (Å²) in [6, 6.07) is 12.1. The molecule has 1 N–H and O–H groups in total. The van der Waals surface area contributed by atoms with Crippen molar-refractivity contribution < 1.29 is 4.74 Å². The van der Waals surface area contributed by atoms with Crippen LogP contribution in [0.5, 0.6) is 5.75 Å². The molecule has 1 aliphatic rings. The maximum Gasteiger partial charge on any atom is 0.177 e. The van der Waals surface area contributed by atoms with Crippen LogP contribution >= 0.6 is 11.6 Å². The number of para-hydroxylation sites is 1. The first kappa shape index (κ1) is 19.3. The molecule has 0 aliphatic heterocycles. The first-order valence-electron chi connectivity index (χ1n) is 10.7. The minimum Gasteiger partial charge on any atom is -0.490 e. The van der Waals surface area contributed by atoms with E-state index in [9.17, 15) is 0 Å². The van der Waals surface area contributed by atoms with E-state index in [1.54, 1.807) is 6.20 Å². The second-order valence-electron chi connectivity index (χ2n) is 8.19. The van der Waals surface area contributed by atoms with Crippen molar-refractivity contribution in [2.24, 2.45) is 5.92 Å². The van der Waals surface area contributed by atoms with Crippen LogP contribution in [0.15, 0.2) is 48.8 Å². The van der Waals surface area contributed by atoms with Gasteiger partial charge in [-0.1, -0.05) is 30.2 Å². The summed E-state index contributed by atoms with van der Waals surface area (Å²) in [6.45, 7) is 0. The SMILES string of the molecule is Clc1cnc2nc(CCCC3CCC(Oc4ccnc5ccccc45)CC3)[nH]c2c1. The molecule has 5 nitrogen and oxygen atoms in total. The van der Waals surface area contributed by atoms with Crippen LogP contribution in [0.3, 0.4) is 0 Å². The molecule has 0 bridgehead atoms.